The second-order valence-corrected chi connectivity index (χ2v) is 6.91. The Hall–Kier alpha value is 0.100. The van der Waals surface area contributed by atoms with Crippen LogP contribution in [0.2, 0.25) is 0 Å². The molecule has 1 saturated carbocycles. The molecular formula is C14H23BrO3. The maximum Gasteiger partial charge on any atom is 0.147 e. The first-order valence-electron chi connectivity index (χ1n) is 6.50. The fraction of sp³-hybridized carbons (Fsp3) is 0.857. The van der Waals surface area contributed by atoms with Crippen LogP contribution in [0.5, 0.6) is 0 Å². The molecule has 0 heterocycles. The van der Waals surface area contributed by atoms with Crippen LogP contribution < -0.4 is 0 Å². The lowest BCUT2D eigenvalue weighted by Gasteiger charge is -2.37. The second kappa shape index (κ2) is 5.23. The third-order valence-electron chi connectivity index (χ3n) is 4.93. The molecule has 0 aliphatic heterocycles. The Bertz CT molecular complexity index is 340. The molecule has 0 unspecified atom stereocenters. The number of fused-ring (bicyclic) bond motifs is 2. The lowest BCUT2D eigenvalue weighted by atomic mass is 9.70. The van der Waals surface area contributed by atoms with Crippen molar-refractivity contribution in [3.05, 3.63) is 10.6 Å². The van der Waals surface area contributed by atoms with Crippen LogP contribution in [0, 0.1) is 16.7 Å². The summed E-state index contributed by atoms with van der Waals surface area (Å²) in [4.78, 5) is 0. The highest BCUT2D eigenvalue weighted by atomic mass is 79.9. The third-order valence-corrected chi connectivity index (χ3v) is 5.71. The van der Waals surface area contributed by atoms with Crippen LogP contribution in [0.1, 0.15) is 27.2 Å². The maximum atomic E-state index is 5.93. The molecule has 3 nitrogen and oxygen atoms in total. The van der Waals surface area contributed by atoms with E-state index in [9.17, 15) is 0 Å². The van der Waals surface area contributed by atoms with Crippen LogP contribution in [0.3, 0.4) is 0 Å². The standard InChI is InChI=1S/C14H23BrO3/c1-13(2)10-7-12(14(13,3)8-11(10)15)18-9-17-6-5-16-4/h8,10,12H,5-7,9H2,1-4H3/t10-,12-,14-/m1/s1. The average molecular weight is 319 g/mol. The van der Waals surface area contributed by atoms with E-state index in [0.717, 1.165) is 6.42 Å². The van der Waals surface area contributed by atoms with Crippen molar-refractivity contribution in [3.63, 3.8) is 0 Å². The van der Waals surface area contributed by atoms with E-state index in [0.29, 0.717) is 25.9 Å². The highest BCUT2D eigenvalue weighted by Crippen LogP contribution is 2.66. The summed E-state index contributed by atoms with van der Waals surface area (Å²) in [5.74, 6) is 0.575. The van der Waals surface area contributed by atoms with E-state index in [-0.39, 0.29) is 16.9 Å². The van der Waals surface area contributed by atoms with Crippen molar-refractivity contribution >= 4 is 15.9 Å². The monoisotopic (exact) mass is 318 g/mol. The van der Waals surface area contributed by atoms with Crippen LogP contribution in [0.4, 0.5) is 0 Å². The van der Waals surface area contributed by atoms with Crippen molar-refractivity contribution in [3.8, 4) is 0 Å². The summed E-state index contributed by atoms with van der Waals surface area (Å²) in [5, 5.41) is 0. The van der Waals surface area contributed by atoms with Gasteiger partial charge in [0.2, 0.25) is 0 Å². The Labute approximate surface area is 118 Å². The molecule has 104 valence electrons. The van der Waals surface area contributed by atoms with Crippen molar-refractivity contribution in [2.24, 2.45) is 16.7 Å². The average Bonchev–Trinajstić information content (AvgIpc) is 2.58. The number of allylic oxidation sites excluding steroid dienone is 1. The van der Waals surface area contributed by atoms with Crippen molar-refractivity contribution in [1.29, 1.82) is 0 Å². The van der Waals surface area contributed by atoms with Crippen molar-refractivity contribution < 1.29 is 14.2 Å². The van der Waals surface area contributed by atoms with Gasteiger partial charge in [0.05, 0.1) is 19.3 Å². The summed E-state index contributed by atoms with van der Waals surface area (Å²) in [7, 11) is 1.67. The van der Waals surface area contributed by atoms with Crippen LogP contribution in [-0.2, 0) is 14.2 Å². The molecular weight excluding hydrogens is 296 g/mol. The van der Waals surface area contributed by atoms with Gasteiger partial charge in [0, 0.05) is 12.5 Å². The normalized spacial score (nSPS) is 37.1. The number of rotatable bonds is 6. The van der Waals surface area contributed by atoms with Gasteiger partial charge < -0.3 is 14.2 Å². The third kappa shape index (κ3) is 2.17. The van der Waals surface area contributed by atoms with E-state index < -0.39 is 0 Å². The lowest BCUT2D eigenvalue weighted by Crippen LogP contribution is -2.37. The van der Waals surface area contributed by atoms with E-state index in [1.54, 1.807) is 7.11 Å². The Kier molecular flexibility index (Phi) is 4.22. The van der Waals surface area contributed by atoms with Crippen LogP contribution in [-0.4, -0.2) is 33.2 Å². The first-order valence-corrected chi connectivity index (χ1v) is 7.29. The number of methoxy groups -OCH3 is 1. The van der Waals surface area contributed by atoms with Gasteiger partial charge in [-0.25, -0.2) is 0 Å². The fourth-order valence-corrected chi connectivity index (χ4v) is 4.47. The van der Waals surface area contributed by atoms with E-state index in [1.807, 2.05) is 0 Å². The Morgan fingerprint density at radius 1 is 1.33 bits per heavy atom. The van der Waals surface area contributed by atoms with Gasteiger partial charge in [-0.15, -0.1) is 0 Å². The molecule has 0 N–H and O–H groups in total. The molecule has 1 fully saturated rings. The van der Waals surface area contributed by atoms with Crippen LogP contribution in [0.15, 0.2) is 10.6 Å². The zero-order valence-corrected chi connectivity index (χ0v) is 13.2. The first kappa shape index (κ1) is 14.5. The van der Waals surface area contributed by atoms with Gasteiger partial charge in [0.25, 0.3) is 0 Å². The molecule has 18 heavy (non-hydrogen) atoms. The molecule has 0 saturated heterocycles. The molecule has 0 aromatic heterocycles. The molecule has 2 aliphatic carbocycles. The summed E-state index contributed by atoms with van der Waals surface area (Å²) >= 11 is 3.69. The number of halogens is 1. The van der Waals surface area contributed by atoms with Gasteiger partial charge in [-0.3, -0.25) is 0 Å². The summed E-state index contributed by atoms with van der Waals surface area (Å²) in [5.41, 5.74) is 0.351. The molecule has 2 aliphatic rings. The van der Waals surface area contributed by atoms with E-state index in [4.69, 9.17) is 14.2 Å². The number of hydrogen-bond donors (Lipinski definition) is 0. The SMILES string of the molecule is COCCOCO[C@@H]1C[C@@H]2C(Br)=C[C@@]1(C)C2(C)C. The van der Waals surface area contributed by atoms with E-state index in [1.165, 1.54) is 4.48 Å². The van der Waals surface area contributed by atoms with Gasteiger partial charge in [0.1, 0.15) is 6.79 Å². The molecule has 4 heteroatoms. The highest BCUT2D eigenvalue weighted by molar-refractivity contribution is 9.11. The van der Waals surface area contributed by atoms with Crippen molar-refractivity contribution in [1.82, 2.24) is 0 Å². The minimum absolute atomic E-state index is 0.0983. The predicted octanol–water partition coefficient (Wildman–Crippen LogP) is 3.34. The second-order valence-electron chi connectivity index (χ2n) is 6.00. The molecule has 0 aromatic rings. The topological polar surface area (TPSA) is 27.7 Å². The predicted molar refractivity (Wildman–Crippen MR) is 74.6 cm³/mol. The largest absolute Gasteiger partial charge is 0.382 e. The van der Waals surface area contributed by atoms with Crippen LogP contribution in [0.25, 0.3) is 0 Å². The minimum atomic E-state index is 0.0983. The summed E-state index contributed by atoms with van der Waals surface area (Å²) in [6, 6.07) is 0. The fourth-order valence-electron chi connectivity index (χ4n) is 3.24. The number of ether oxygens (including phenoxy) is 3. The molecule has 0 aromatic carbocycles. The maximum absolute atomic E-state index is 5.93. The zero-order chi connectivity index (χ0) is 13.4. The van der Waals surface area contributed by atoms with Gasteiger partial charge >= 0.3 is 0 Å². The van der Waals surface area contributed by atoms with Crippen molar-refractivity contribution in [2.45, 2.75) is 33.3 Å². The Morgan fingerprint density at radius 2 is 2.06 bits per heavy atom. The quantitative estimate of drug-likeness (QED) is 0.555. The Balaban J connectivity index is 1.89. The molecule has 0 amide bonds. The van der Waals surface area contributed by atoms with Crippen LogP contribution >= 0.6 is 15.9 Å². The van der Waals surface area contributed by atoms with E-state index in [2.05, 4.69) is 42.8 Å². The molecule has 2 rings (SSSR count). The zero-order valence-electron chi connectivity index (χ0n) is 11.7. The highest BCUT2D eigenvalue weighted by Gasteiger charge is 2.61. The van der Waals surface area contributed by atoms with Crippen molar-refractivity contribution in [2.75, 3.05) is 27.1 Å². The van der Waals surface area contributed by atoms with Gasteiger partial charge in [0.15, 0.2) is 0 Å². The van der Waals surface area contributed by atoms with E-state index >= 15 is 0 Å². The first-order chi connectivity index (χ1) is 8.43. The lowest BCUT2D eigenvalue weighted by molar-refractivity contribution is -0.124. The van der Waals surface area contributed by atoms with Gasteiger partial charge in [-0.05, 0) is 22.2 Å². The number of hydrogen-bond acceptors (Lipinski definition) is 3. The van der Waals surface area contributed by atoms with Gasteiger partial charge in [-0.1, -0.05) is 42.8 Å². The minimum Gasteiger partial charge on any atom is -0.382 e. The summed E-state index contributed by atoms with van der Waals surface area (Å²) in [6.45, 7) is 8.52. The molecule has 0 spiro atoms. The van der Waals surface area contributed by atoms with Gasteiger partial charge in [-0.2, -0.15) is 0 Å². The molecule has 0 radical (unpaired) electrons. The molecule has 3 atom stereocenters. The smallest absolute Gasteiger partial charge is 0.147 e. The summed E-state index contributed by atoms with van der Waals surface area (Å²) in [6.07, 6.45) is 3.66. The summed E-state index contributed by atoms with van der Waals surface area (Å²) < 4.78 is 17.6. The molecule has 2 bridgehead atoms. The Morgan fingerprint density at radius 3 is 2.56 bits per heavy atom.